The zero-order valence-corrected chi connectivity index (χ0v) is 25.9. The molecule has 0 aliphatic heterocycles. The van der Waals surface area contributed by atoms with Crippen LogP contribution in [-0.4, -0.2) is 51.4 Å². The number of sulfonamides is 1. The molecule has 0 saturated heterocycles. The summed E-state index contributed by atoms with van der Waals surface area (Å²) < 4.78 is 34.8. The molecule has 1 atom stereocenters. The van der Waals surface area contributed by atoms with Gasteiger partial charge in [-0.3, -0.25) is 13.9 Å². The molecule has 0 aliphatic rings. The molecular weight excluding hydrogens is 594 g/mol. The summed E-state index contributed by atoms with van der Waals surface area (Å²) in [5.74, 6) is -0.293. The van der Waals surface area contributed by atoms with Crippen LogP contribution in [0.25, 0.3) is 0 Å². The zero-order chi connectivity index (χ0) is 29.4. The largest absolute Gasteiger partial charge is 0.496 e. The van der Waals surface area contributed by atoms with Gasteiger partial charge in [0.05, 0.1) is 22.2 Å². The highest BCUT2D eigenvalue weighted by molar-refractivity contribution is 9.10. The zero-order valence-electron chi connectivity index (χ0n) is 23.5. The molecule has 1 N–H and O–H groups in total. The lowest BCUT2D eigenvalue weighted by Gasteiger charge is -2.33. The van der Waals surface area contributed by atoms with Crippen LogP contribution in [0.3, 0.4) is 0 Å². The molecular formula is C30H36BrN3O5S. The molecule has 0 heterocycles. The van der Waals surface area contributed by atoms with Crippen molar-refractivity contribution in [2.24, 2.45) is 0 Å². The molecule has 8 nitrogen and oxygen atoms in total. The van der Waals surface area contributed by atoms with E-state index in [1.54, 1.807) is 30.3 Å². The van der Waals surface area contributed by atoms with Crippen LogP contribution in [0.15, 0.2) is 76.1 Å². The summed E-state index contributed by atoms with van der Waals surface area (Å²) in [4.78, 5) is 28.5. The van der Waals surface area contributed by atoms with Gasteiger partial charge in [0.2, 0.25) is 11.8 Å². The molecule has 0 aromatic heterocycles. The molecule has 0 fully saturated rings. The molecule has 214 valence electrons. The number of likely N-dealkylation sites (N-methyl/N-ethyl adjacent to an activating group) is 1. The molecule has 0 saturated carbocycles. The monoisotopic (exact) mass is 629 g/mol. The van der Waals surface area contributed by atoms with Crippen LogP contribution in [0.4, 0.5) is 5.69 Å². The Kier molecular flexibility index (Phi) is 10.8. The van der Waals surface area contributed by atoms with E-state index in [4.69, 9.17) is 4.74 Å². The van der Waals surface area contributed by atoms with Gasteiger partial charge in [0.25, 0.3) is 10.0 Å². The van der Waals surface area contributed by atoms with Gasteiger partial charge in [0.15, 0.2) is 0 Å². The quantitative estimate of drug-likeness (QED) is 0.297. The van der Waals surface area contributed by atoms with Crippen LogP contribution in [0.5, 0.6) is 5.75 Å². The van der Waals surface area contributed by atoms with E-state index in [0.29, 0.717) is 28.9 Å². The van der Waals surface area contributed by atoms with E-state index < -0.39 is 28.5 Å². The van der Waals surface area contributed by atoms with Crippen LogP contribution < -0.4 is 14.4 Å². The van der Waals surface area contributed by atoms with Crippen LogP contribution in [-0.2, 0) is 26.2 Å². The Morgan fingerprint density at radius 1 is 0.950 bits per heavy atom. The minimum absolute atomic E-state index is 0.00518. The van der Waals surface area contributed by atoms with Crippen molar-refractivity contribution < 1.29 is 22.7 Å². The third-order valence-corrected chi connectivity index (χ3v) is 8.91. The van der Waals surface area contributed by atoms with Gasteiger partial charge >= 0.3 is 0 Å². The Labute approximate surface area is 245 Å². The number of anilines is 1. The first-order chi connectivity index (χ1) is 19.0. The second kappa shape index (κ2) is 13.8. The third kappa shape index (κ3) is 7.42. The van der Waals surface area contributed by atoms with Crippen molar-refractivity contribution in [2.75, 3.05) is 24.5 Å². The van der Waals surface area contributed by atoms with Crippen molar-refractivity contribution in [3.05, 3.63) is 87.9 Å². The van der Waals surface area contributed by atoms with Crippen LogP contribution in [0, 0.1) is 13.8 Å². The Bertz CT molecular complexity index is 1430. The lowest BCUT2D eigenvalue weighted by Crippen LogP contribution is -2.52. The number of aryl methyl sites for hydroxylation is 2. The SMILES string of the molecule is CCNC(=O)[C@@H](CC)N(Cc1ccc(C)cc1)C(=O)CN(c1ccc(C)cc1)S(=O)(=O)c1ccc(OC)c(Br)c1. The van der Waals surface area contributed by atoms with E-state index in [9.17, 15) is 18.0 Å². The topological polar surface area (TPSA) is 96.0 Å². The highest BCUT2D eigenvalue weighted by Crippen LogP contribution is 2.31. The summed E-state index contributed by atoms with van der Waals surface area (Å²) in [6.07, 6.45) is 0.367. The number of hydrogen-bond donors (Lipinski definition) is 1. The van der Waals surface area contributed by atoms with Gasteiger partial charge < -0.3 is 15.0 Å². The van der Waals surface area contributed by atoms with Crippen LogP contribution in [0.2, 0.25) is 0 Å². The molecule has 0 radical (unpaired) electrons. The number of carbonyl (C=O) groups is 2. The van der Waals surface area contributed by atoms with E-state index in [-0.39, 0.29) is 17.3 Å². The number of methoxy groups -OCH3 is 1. The fourth-order valence-electron chi connectivity index (χ4n) is 4.28. The highest BCUT2D eigenvalue weighted by atomic mass is 79.9. The number of amides is 2. The van der Waals surface area contributed by atoms with E-state index in [1.165, 1.54) is 24.1 Å². The van der Waals surface area contributed by atoms with Gasteiger partial charge in [0, 0.05) is 13.1 Å². The van der Waals surface area contributed by atoms with Gasteiger partial charge in [-0.25, -0.2) is 8.42 Å². The Morgan fingerprint density at radius 2 is 1.55 bits per heavy atom. The summed E-state index contributed by atoms with van der Waals surface area (Å²) in [5, 5.41) is 2.81. The molecule has 0 unspecified atom stereocenters. The summed E-state index contributed by atoms with van der Waals surface area (Å²) in [7, 11) is -2.69. The summed E-state index contributed by atoms with van der Waals surface area (Å²) in [6, 6.07) is 18.3. The molecule has 40 heavy (non-hydrogen) atoms. The Balaban J connectivity index is 2.07. The van der Waals surface area contributed by atoms with Crippen LogP contribution in [0.1, 0.15) is 37.0 Å². The van der Waals surface area contributed by atoms with Gasteiger partial charge in [-0.05, 0) is 79.0 Å². The standard InChI is InChI=1S/C30H36BrN3O5S/c1-6-27(30(36)32-7-2)33(19-23-12-8-21(3)9-13-23)29(35)20-34(24-14-10-22(4)11-15-24)40(37,38)25-16-17-28(39-5)26(31)18-25/h8-18,27H,6-7,19-20H2,1-5H3,(H,32,36)/t27-/m1/s1. The number of carbonyl (C=O) groups excluding carboxylic acids is 2. The third-order valence-electron chi connectivity index (χ3n) is 6.52. The first-order valence-electron chi connectivity index (χ1n) is 13.1. The normalized spacial score (nSPS) is 11.9. The van der Waals surface area contributed by atoms with Crippen molar-refractivity contribution >= 4 is 43.5 Å². The van der Waals surface area contributed by atoms with Gasteiger partial charge in [-0.1, -0.05) is 54.4 Å². The molecule has 3 aromatic rings. The number of benzene rings is 3. The second-order valence-electron chi connectivity index (χ2n) is 9.47. The lowest BCUT2D eigenvalue weighted by molar-refractivity contribution is -0.140. The Morgan fingerprint density at radius 3 is 2.08 bits per heavy atom. The molecule has 2 amide bonds. The number of ether oxygens (including phenoxy) is 1. The molecule has 3 aromatic carbocycles. The van der Waals surface area contributed by atoms with Gasteiger partial charge in [0.1, 0.15) is 18.3 Å². The minimum Gasteiger partial charge on any atom is -0.496 e. The van der Waals surface area contributed by atoms with Crippen molar-refractivity contribution in [3.63, 3.8) is 0 Å². The number of hydrogen-bond acceptors (Lipinski definition) is 5. The van der Waals surface area contributed by atoms with Crippen molar-refractivity contribution in [3.8, 4) is 5.75 Å². The number of nitrogens with one attached hydrogen (secondary N) is 1. The fourth-order valence-corrected chi connectivity index (χ4v) is 6.41. The van der Waals surface area contributed by atoms with E-state index in [2.05, 4.69) is 21.2 Å². The molecule has 10 heteroatoms. The smallest absolute Gasteiger partial charge is 0.264 e. The molecule has 3 rings (SSSR count). The average Bonchev–Trinajstić information content (AvgIpc) is 2.93. The van der Waals surface area contributed by atoms with Crippen molar-refractivity contribution in [1.29, 1.82) is 0 Å². The number of halogens is 1. The van der Waals surface area contributed by atoms with E-state index in [0.717, 1.165) is 21.0 Å². The van der Waals surface area contributed by atoms with Crippen molar-refractivity contribution in [2.45, 2.75) is 51.6 Å². The average molecular weight is 631 g/mol. The van der Waals surface area contributed by atoms with Crippen LogP contribution >= 0.6 is 15.9 Å². The summed E-state index contributed by atoms with van der Waals surface area (Å²) in [6.45, 7) is 7.60. The lowest BCUT2D eigenvalue weighted by atomic mass is 10.1. The first-order valence-corrected chi connectivity index (χ1v) is 15.3. The predicted molar refractivity (Wildman–Crippen MR) is 161 cm³/mol. The predicted octanol–water partition coefficient (Wildman–Crippen LogP) is 5.21. The summed E-state index contributed by atoms with van der Waals surface area (Å²) in [5.41, 5.74) is 3.19. The second-order valence-corrected chi connectivity index (χ2v) is 12.2. The van der Waals surface area contributed by atoms with E-state index >= 15 is 0 Å². The number of nitrogens with zero attached hydrogens (tertiary/aromatic N) is 2. The van der Waals surface area contributed by atoms with Gasteiger partial charge in [-0.15, -0.1) is 0 Å². The maximum atomic E-state index is 14.0. The minimum atomic E-state index is -4.18. The molecule has 0 bridgehead atoms. The maximum Gasteiger partial charge on any atom is 0.264 e. The van der Waals surface area contributed by atoms with E-state index in [1.807, 2.05) is 52.0 Å². The molecule has 0 aliphatic carbocycles. The Hall–Kier alpha value is -3.37. The van der Waals surface area contributed by atoms with Crippen molar-refractivity contribution in [1.82, 2.24) is 10.2 Å². The maximum absolute atomic E-state index is 14.0. The fraction of sp³-hybridized carbons (Fsp3) is 0.333. The number of rotatable bonds is 12. The first kappa shape index (κ1) is 31.2. The highest BCUT2D eigenvalue weighted by Gasteiger charge is 2.33. The van der Waals surface area contributed by atoms with Gasteiger partial charge in [-0.2, -0.15) is 0 Å². The summed E-state index contributed by atoms with van der Waals surface area (Å²) >= 11 is 3.36. The molecule has 0 spiro atoms.